The van der Waals surface area contributed by atoms with Gasteiger partial charge in [-0.05, 0) is 24.3 Å². The topological polar surface area (TPSA) is 53.0 Å². The van der Waals surface area contributed by atoms with Gasteiger partial charge in [0.1, 0.15) is 5.71 Å². The molecular formula is C17H21N3O2. The minimum atomic E-state index is -0.0284. The smallest absolute Gasteiger partial charge is 0.270 e. The van der Waals surface area contributed by atoms with Crippen LogP contribution < -0.4 is 0 Å². The molecule has 2 aliphatic rings. The Balaban J connectivity index is 1.61. The summed E-state index contributed by atoms with van der Waals surface area (Å²) in [7, 11) is 1.61. The zero-order valence-corrected chi connectivity index (χ0v) is 12.9. The number of carbonyl (C=O) groups is 2. The van der Waals surface area contributed by atoms with Gasteiger partial charge in [-0.2, -0.15) is 5.10 Å². The first-order chi connectivity index (χ1) is 10.6. The van der Waals surface area contributed by atoms with Crippen LogP contribution in [0.15, 0.2) is 35.4 Å². The molecule has 0 spiro atoms. The van der Waals surface area contributed by atoms with Crippen molar-refractivity contribution in [2.45, 2.75) is 31.6 Å². The Morgan fingerprint density at radius 3 is 2.45 bits per heavy atom. The van der Waals surface area contributed by atoms with Crippen LogP contribution in [-0.4, -0.2) is 47.6 Å². The van der Waals surface area contributed by atoms with Gasteiger partial charge in [-0.25, -0.2) is 5.01 Å². The summed E-state index contributed by atoms with van der Waals surface area (Å²) < 4.78 is 0. The van der Waals surface area contributed by atoms with Crippen LogP contribution >= 0.6 is 0 Å². The Labute approximate surface area is 130 Å². The molecule has 0 unspecified atom stereocenters. The van der Waals surface area contributed by atoms with E-state index < -0.39 is 0 Å². The van der Waals surface area contributed by atoms with Gasteiger partial charge in [0.15, 0.2) is 0 Å². The normalized spacial score (nSPS) is 20.0. The monoisotopic (exact) mass is 299 g/mol. The Bertz CT molecular complexity index is 589. The van der Waals surface area contributed by atoms with Gasteiger partial charge < -0.3 is 4.90 Å². The van der Waals surface area contributed by atoms with Crippen molar-refractivity contribution in [3.63, 3.8) is 0 Å². The van der Waals surface area contributed by atoms with E-state index in [2.05, 4.69) is 29.4 Å². The van der Waals surface area contributed by atoms with Crippen molar-refractivity contribution < 1.29 is 9.59 Å². The van der Waals surface area contributed by atoms with E-state index in [4.69, 9.17) is 0 Å². The van der Waals surface area contributed by atoms with Crippen LogP contribution in [0.3, 0.4) is 0 Å². The summed E-state index contributed by atoms with van der Waals surface area (Å²) >= 11 is 0. The molecule has 1 aromatic rings. The third kappa shape index (κ3) is 3.03. The molecule has 0 radical (unpaired) electrons. The highest BCUT2D eigenvalue weighted by atomic mass is 16.2. The van der Waals surface area contributed by atoms with E-state index in [1.165, 1.54) is 10.6 Å². The summed E-state index contributed by atoms with van der Waals surface area (Å²) in [4.78, 5) is 25.8. The maximum Gasteiger partial charge on any atom is 0.270 e. The summed E-state index contributed by atoms with van der Waals surface area (Å²) in [5.41, 5.74) is 1.87. The largest absolute Gasteiger partial charge is 0.338 e. The highest BCUT2D eigenvalue weighted by molar-refractivity contribution is 6.39. The second-order valence-corrected chi connectivity index (χ2v) is 5.94. The Kier molecular flexibility index (Phi) is 4.22. The molecule has 1 saturated heterocycles. The zero-order valence-electron chi connectivity index (χ0n) is 12.9. The van der Waals surface area contributed by atoms with Gasteiger partial charge in [0.25, 0.3) is 5.91 Å². The number of amides is 2. The second-order valence-electron chi connectivity index (χ2n) is 5.94. The van der Waals surface area contributed by atoms with E-state index in [9.17, 15) is 9.59 Å². The molecule has 5 heteroatoms. The van der Waals surface area contributed by atoms with Crippen molar-refractivity contribution in [1.82, 2.24) is 9.91 Å². The molecule has 0 N–H and O–H groups in total. The Morgan fingerprint density at radius 1 is 1.14 bits per heavy atom. The van der Waals surface area contributed by atoms with Gasteiger partial charge in [0.05, 0.1) is 0 Å². The van der Waals surface area contributed by atoms with Crippen LogP contribution in [-0.2, 0) is 9.59 Å². The molecule has 3 rings (SSSR count). The predicted molar refractivity (Wildman–Crippen MR) is 84.4 cm³/mol. The van der Waals surface area contributed by atoms with Crippen LogP contribution in [0.2, 0.25) is 0 Å². The number of rotatable bonds is 2. The standard InChI is InChI=1S/C17H21N3O2/c1-19-16(21)8-7-15(18-19)17(22)20-11-9-14(10-12-20)13-5-3-2-4-6-13/h2-6,14H,7-12H2,1H3. The summed E-state index contributed by atoms with van der Waals surface area (Å²) in [6.07, 6.45) is 2.80. The predicted octanol–water partition coefficient (Wildman–Crippen LogP) is 2.00. The maximum absolute atomic E-state index is 12.5. The van der Waals surface area contributed by atoms with Crippen molar-refractivity contribution in [2.24, 2.45) is 5.10 Å². The molecule has 1 fully saturated rings. The average Bonchev–Trinajstić information content (AvgIpc) is 2.58. The number of hydrazone groups is 1. The van der Waals surface area contributed by atoms with Crippen LogP contribution in [0.25, 0.3) is 0 Å². The van der Waals surface area contributed by atoms with Crippen molar-refractivity contribution in [2.75, 3.05) is 20.1 Å². The third-order valence-electron chi connectivity index (χ3n) is 4.51. The molecule has 22 heavy (non-hydrogen) atoms. The lowest BCUT2D eigenvalue weighted by Gasteiger charge is -2.33. The molecule has 2 amide bonds. The Hall–Kier alpha value is -2.17. The third-order valence-corrected chi connectivity index (χ3v) is 4.51. The first kappa shape index (κ1) is 14.8. The molecule has 0 aromatic heterocycles. The highest BCUT2D eigenvalue weighted by Gasteiger charge is 2.29. The first-order valence-corrected chi connectivity index (χ1v) is 7.83. The minimum absolute atomic E-state index is 0.00846. The van der Waals surface area contributed by atoms with E-state index >= 15 is 0 Å². The van der Waals surface area contributed by atoms with E-state index in [1.807, 2.05) is 11.0 Å². The van der Waals surface area contributed by atoms with Crippen LogP contribution in [0.4, 0.5) is 0 Å². The lowest BCUT2D eigenvalue weighted by molar-refractivity contribution is -0.130. The van der Waals surface area contributed by atoms with Crippen LogP contribution in [0.5, 0.6) is 0 Å². The molecule has 0 aliphatic carbocycles. The number of benzene rings is 1. The zero-order chi connectivity index (χ0) is 15.5. The summed E-state index contributed by atoms with van der Waals surface area (Å²) in [5.74, 6) is 0.494. The number of likely N-dealkylation sites (tertiary alicyclic amines) is 1. The molecule has 116 valence electrons. The molecule has 0 atom stereocenters. The number of nitrogens with zero attached hydrogens (tertiary/aromatic N) is 3. The van der Waals surface area contributed by atoms with Crippen LogP contribution in [0, 0.1) is 0 Å². The van der Waals surface area contributed by atoms with Gasteiger partial charge in [0, 0.05) is 33.0 Å². The first-order valence-electron chi connectivity index (χ1n) is 7.83. The number of hydrogen-bond donors (Lipinski definition) is 0. The molecule has 2 heterocycles. The fraction of sp³-hybridized carbons (Fsp3) is 0.471. The number of carbonyl (C=O) groups excluding carboxylic acids is 2. The summed E-state index contributed by atoms with van der Waals surface area (Å²) in [5, 5.41) is 5.41. The second kappa shape index (κ2) is 6.30. The van der Waals surface area contributed by atoms with Gasteiger partial charge in [-0.3, -0.25) is 9.59 Å². The van der Waals surface area contributed by atoms with Crippen LogP contribution in [0.1, 0.15) is 37.2 Å². The van der Waals surface area contributed by atoms with E-state index in [1.54, 1.807) is 7.05 Å². The van der Waals surface area contributed by atoms with E-state index in [-0.39, 0.29) is 11.8 Å². The fourth-order valence-corrected chi connectivity index (χ4v) is 3.15. The number of hydrogen-bond acceptors (Lipinski definition) is 3. The van der Waals surface area contributed by atoms with Gasteiger partial charge in [-0.15, -0.1) is 0 Å². The highest BCUT2D eigenvalue weighted by Crippen LogP contribution is 2.28. The molecule has 0 bridgehead atoms. The SMILES string of the molecule is CN1N=C(C(=O)N2CCC(c3ccccc3)CC2)CCC1=O. The maximum atomic E-state index is 12.5. The van der Waals surface area contributed by atoms with Gasteiger partial charge >= 0.3 is 0 Å². The molecule has 2 aliphatic heterocycles. The van der Waals surface area contributed by atoms with E-state index in [0.717, 1.165) is 25.9 Å². The van der Waals surface area contributed by atoms with Gasteiger partial charge in [0.2, 0.25) is 5.91 Å². The van der Waals surface area contributed by atoms with E-state index in [0.29, 0.717) is 24.5 Å². The lowest BCUT2D eigenvalue weighted by Crippen LogP contribution is -2.44. The Morgan fingerprint density at radius 2 is 1.82 bits per heavy atom. The molecular weight excluding hydrogens is 278 g/mol. The van der Waals surface area contributed by atoms with Gasteiger partial charge in [-0.1, -0.05) is 30.3 Å². The fourth-order valence-electron chi connectivity index (χ4n) is 3.15. The minimum Gasteiger partial charge on any atom is -0.338 e. The van der Waals surface area contributed by atoms with Crippen molar-refractivity contribution in [3.8, 4) is 0 Å². The summed E-state index contributed by atoms with van der Waals surface area (Å²) in [6, 6.07) is 10.5. The number of piperidine rings is 1. The molecule has 5 nitrogen and oxygen atoms in total. The molecule has 0 saturated carbocycles. The average molecular weight is 299 g/mol. The van der Waals surface area contributed by atoms with Crippen molar-refractivity contribution in [1.29, 1.82) is 0 Å². The van der Waals surface area contributed by atoms with Crippen molar-refractivity contribution >= 4 is 17.5 Å². The van der Waals surface area contributed by atoms with Crippen molar-refractivity contribution in [3.05, 3.63) is 35.9 Å². The molecule has 1 aromatic carbocycles. The lowest BCUT2D eigenvalue weighted by atomic mass is 9.89. The quantitative estimate of drug-likeness (QED) is 0.838. The summed E-state index contributed by atoms with van der Waals surface area (Å²) in [6.45, 7) is 1.52.